The number of aryl methyl sites for hydroxylation is 1. The van der Waals surface area contributed by atoms with Crippen LogP contribution in [0, 0.1) is 6.92 Å². The van der Waals surface area contributed by atoms with E-state index in [1.54, 1.807) is 11.1 Å². The summed E-state index contributed by atoms with van der Waals surface area (Å²) in [6, 6.07) is 6.68. The van der Waals surface area contributed by atoms with Crippen LogP contribution < -0.4 is 0 Å². The summed E-state index contributed by atoms with van der Waals surface area (Å²) in [6.45, 7) is 2.40. The SMILES string of the molecule is Cc1ccc(-c2nnc3n2CC2CCCC3N2C(=O)c2cccc(C(F)(F)F)c2Cl)nc1. The molecule has 6 nitrogen and oxygen atoms in total. The first kappa shape index (κ1) is 20.9. The van der Waals surface area contributed by atoms with Crippen molar-refractivity contribution in [3.63, 3.8) is 0 Å². The highest BCUT2D eigenvalue weighted by Gasteiger charge is 2.44. The molecule has 2 unspecified atom stereocenters. The second-order valence-corrected chi connectivity index (χ2v) is 8.57. The highest BCUT2D eigenvalue weighted by molar-refractivity contribution is 6.34. The summed E-state index contributed by atoms with van der Waals surface area (Å²) < 4.78 is 41.9. The van der Waals surface area contributed by atoms with E-state index in [1.807, 2.05) is 23.6 Å². The first-order chi connectivity index (χ1) is 15.3. The Kier molecular flexibility index (Phi) is 4.96. The summed E-state index contributed by atoms with van der Waals surface area (Å²) in [6.07, 6.45) is -0.608. The summed E-state index contributed by atoms with van der Waals surface area (Å²) in [5.74, 6) is 0.732. The maximum Gasteiger partial charge on any atom is 0.417 e. The molecule has 1 aromatic carbocycles. The van der Waals surface area contributed by atoms with Crippen molar-refractivity contribution in [3.05, 3.63) is 64.1 Å². The van der Waals surface area contributed by atoms with Gasteiger partial charge in [-0.2, -0.15) is 13.2 Å². The molecule has 3 aromatic rings. The number of piperidine rings is 1. The van der Waals surface area contributed by atoms with Gasteiger partial charge in [-0.05, 0) is 49.9 Å². The molecule has 2 aliphatic rings. The fourth-order valence-corrected chi connectivity index (χ4v) is 4.93. The van der Waals surface area contributed by atoms with Crippen LogP contribution in [0.15, 0.2) is 36.5 Å². The molecule has 10 heteroatoms. The second-order valence-electron chi connectivity index (χ2n) is 8.19. The molecule has 2 aliphatic heterocycles. The zero-order chi connectivity index (χ0) is 22.6. The van der Waals surface area contributed by atoms with Crippen molar-refractivity contribution in [2.75, 3.05) is 0 Å². The third kappa shape index (κ3) is 3.35. The molecule has 166 valence electrons. The number of amides is 1. The maximum absolute atomic E-state index is 13.4. The normalized spacial score (nSPS) is 20.2. The van der Waals surface area contributed by atoms with Crippen LogP contribution in [0.1, 0.15) is 52.6 Å². The summed E-state index contributed by atoms with van der Waals surface area (Å²) in [4.78, 5) is 19.5. The zero-order valence-corrected chi connectivity index (χ0v) is 17.9. The average molecular weight is 462 g/mol. The molecule has 0 N–H and O–H groups in total. The number of rotatable bonds is 2. The van der Waals surface area contributed by atoms with Crippen LogP contribution in [-0.4, -0.2) is 36.6 Å². The molecule has 2 bridgehead atoms. The number of nitrogens with zero attached hydrogens (tertiary/aromatic N) is 5. The maximum atomic E-state index is 13.4. The molecule has 1 fully saturated rings. The van der Waals surface area contributed by atoms with Gasteiger partial charge in [0.25, 0.3) is 5.91 Å². The van der Waals surface area contributed by atoms with Gasteiger partial charge in [-0.15, -0.1) is 10.2 Å². The predicted octanol–water partition coefficient (Wildman–Crippen LogP) is 5.07. The van der Waals surface area contributed by atoms with Crippen LogP contribution >= 0.6 is 11.6 Å². The van der Waals surface area contributed by atoms with E-state index in [0.717, 1.165) is 24.5 Å². The number of carbonyl (C=O) groups excluding carboxylic acids is 1. The van der Waals surface area contributed by atoms with E-state index >= 15 is 0 Å². The van der Waals surface area contributed by atoms with Gasteiger partial charge in [0.1, 0.15) is 5.69 Å². The average Bonchev–Trinajstić information content (AvgIpc) is 3.16. The van der Waals surface area contributed by atoms with Gasteiger partial charge in [0.2, 0.25) is 0 Å². The Balaban J connectivity index is 1.54. The molecule has 0 radical (unpaired) electrons. The highest BCUT2D eigenvalue weighted by atomic mass is 35.5. The molecule has 0 aliphatic carbocycles. The Bertz CT molecular complexity index is 1190. The Labute approximate surface area is 187 Å². The number of benzene rings is 1. The van der Waals surface area contributed by atoms with Gasteiger partial charge in [0.15, 0.2) is 11.6 Å². The first-order valence-electron chi connectivity index (χ1n) is 10.3. The molecule has 0 spiro atoms. The van der Waals surface area contributed by atoms with Crippen molar-refractivity contribution in [2.24, 2.45) is 0 Å². The third-order valence-corrected chi connectivity index (χ3v) is 6.53. The molecular formula is C22H19ClF3N5O. The monoisotopic (exact) mass is 461 g/mol. The van der Waals surface area contributed by atoms with Crippen molar-refractivity contribution in [1.29, 1.82) is 0 Å². The van der Waals surface area contributed by atoms with E-state index in [4.69, 9.17) is 11.6 Å². The van der Waals surface area contributed by atoms with Gasteiger partial charge >= 0.3 is 6.18 Å². The number of alkyl halides is 3. The van der Waals surface area contributed by atoms with E-state index in [0.29, 0.717) is 30.3 Å². The topological polar surface area (TPSA) is 63.9 Å². The number of pyridine rings is 1. The molecule has 32 heavy (non-hydrogen) atoms. The quantitative estimate of drug-likeness (QED) is 0.534. The molecule has 2 atom stereocenters. The van der Waals surface area contributed by atoms with Gasteiger partial charge in [-0.3, -0.25) is 9.78 Å². The number of hydrogen-bond acceptors (Lipinski definition) is 4. The summed E-state index contributed by atoms with van der Waals surface area (Å²) in [7, 11) is 0. The molecular weight excluding hydrogens is 443 g/mol. The van der Waals surface area contributed by atoms with Crippen LogP contribution in [0.5, 0.6) is 0 Å². The largest absolute Gasteiger partial charge is 0.417 e. The lowest BCUT2D eigenvalue weighted by atomic mass is 9.90. The second kappa shape index (κ2) is 7.58. The fourth-order valence-electron chi connectivity index (χ4n) is 4.62. The van der Waals surface area contributed by atoms with E-state index in [1.165, 1.54) is 12.1 Å². The summed E-state index contributed by atoms with van der Waals surface area (Å²) >= 11 is 6.05. The summed E-state index contributed by atoms with van der Waals surface area (Å²) in [5.41, 5.74) is 0.557. The van der Waals surface area contributed by atoms with Gasteiger partial charge in [-0.1, -0.05) is 23.7 Å². The molecule has 4 heterocycles. The standard InChI is InChI=1S/C22H19ClF3N5O/c1-12-8-9-16(27-10-12)19-28-29-20-17-7-2-4-13(11-30(19)20)31(17)21(32)14-5-3-6-15(18(14)23)22(24,25)26/h3,5-6,8-10,13,17H,2,4,7,11H2,1H3. The van der Waals surface area contributed by atoms with Crippen LogP contribution in [0.3, 0.4) is 0 Å². The summed E-state index contributed by atoms with van der Waals surface area (Å²) in [5, 5.41) is 8.10. The van der Waals surface area contributed by atoms with Crippen molar-refractivity contribution >= 4 is 17.5 Å². The Morgan fingerprint density at radius 2 is 1.97 bits per heavy atom. The minimum Gasteiger partial charge on any atom is -0.324 e. The molecule has 1 saturated heterocycles. The Hall–Kier alpha value is -2.94. The fraction of sp³-hybridized carbons (Fsp3) is 0.364. The van der Waals surface area contributed by atoms with Crippen molar-refractivity contribution in [3.8, 4) is 11.5 Å². The lowest BCUT2D eigenvalue weighted by Crippen LogP contribution is -2.52. The highest BCUT2D eigenvalue weighted by Crippen LogP contribution is 2.42. The number of fused-ring (bicyclic) bond motifs is 4. The van der Waals surface area contributed by atoms with E-state index in [2.05, 4.69) is 15.2 Å². The number of halogens is 4. The molecule has 5 rings (SSSR count). The lowest BCUT2D eigenvalue weighted by molar-refractivity contribution is -0.137. The van der Waals surface area contributed by atoms with Crippen molar-refractivity contribution < 1.29 is 18.0 Å². The predicted molar refractivity (Wildman–Crippen MR) is 111 cm³/mol. The van der Waals surface area contributed by atoms with Gasteiger partial charge < -0.3 is 9.47 Å². The molecule has 0 saturated carbocycles. The van der Waals surface area contributed by atoms with Gasteiger partial charge in [-0.25, -0.2) is 0 Å². The van der Waals surface area contributed by atoms with Gasteiger partial charge in [0.05, 0.1) is 28.2 Å². The number of carbonyl (C=O) groups is 1. The molecule has 2 aromatic heterocycles. The van der Waals surface area contributed by atoms with Crippen molar-refractivity contribution in [1.82, 2.24) is 24.6 Å². The van der Waals surface area contributed by atoms with Crippen molar-refractivity contribution in [2.45, 2.75) is 51.0 Å². The number of hydrogen-bond donors (Lipinski definition) is 0. The smallest absolute Gasteiger partial charge is 0.324 e. The van der Waals surface area contributed by atoms with Crippen LogP contribution in [0.25, 0.3) is 11.5 Å². The van der Waals surface area contributed by atoms with Gasteiger partial charge in [0, 0.05) is 12.7 Å². The Morgan fingerprint density at radius 1 is 1.16 bits per heavy atom. The minimum absolute atomic E-state index is 0.146. The third-order valence-electron chi connectivity index (χ3n) is 6.12. The van der Waals surface area contributed by atoms with Crippen LogP contribution in [0.2, 0.25) is 5.02 Å². The minimum atomic E-state index is -4.64. The van der Waals surface area contributed by atoms with Crippen LogP contribution in [-0.2, 0) is 12.7 Å². The Morgan fingerprint density at radius 3 is 2.69 bits per heavy atom. The van der Waals surface area contributed by atoms with E-state index in [9.17, 15) is 18.0 Å². The zero-order valence-electron chi connectivity index (χ0n) is 17.1. The van der Waals surface area contributed by atoms with E-state index in [-0.39, 0.29) is 17.6 Å². The van der Waals surface area contributed by atoms with E-state index < -0.39 is 22.7 Å². The molecule has 1 amide bonds. The number of aromatic nitrogens is 4. The first-order valence-corrected chi connectivity index (χ1v) is 10.7. The van der Waals surface area contributed by atoms with Crippen LogP contribution in [0.4, 0.5) is 13.2 Å². The lowest BCUT2D eigenvalue weighted by Gasteiger charge is -2.45.